The minimum absolute atomic E-state index is 0.295. The lowest BCUT2D eigenvalue weighted by atomic mass is 10.2. The molecule has 2 N–H and O–H groups in total. The van der Waals surface area contributed by atoms with E-state index >= 15 is 0 Å². The van der Waals surface area contributed by atoms with E-state index < -0.39 is 0 Å². The summed E-state index contributed by atoms with van der Waals surface area (Å²) < 4.78 is 1.13. The number of nitrogens with zero attached hydrogens (tertiary/aromatic N) is 3. The number of anilines is 3. The Balaban J connectivity index is 1.99. The van der Waals surface area contributed by atoms with E-state index in [9.17, 15) is 0 Å². The zero-order valence-corrected chi connectivity index (χ0v) is 16.4. The number of hydrogen-bond acceptors (Lipinski definition) is 5. The SMILES string of the molecule is CC[C@H](C)Nc1nc(Nc2ccccc2I)cc(-c2ccccn2)n1. The van der Waals surface area contributed by atoms with Crippen molar-refractivity contribution in [3.8, 4) is 11.4 Å². The molecule has 0 saturated carbocycles. The summed E-state index contributed by atoms with van der Waals surface area (Å²) in [5, 5.41) is 6.74. The fourth-order valence-electron chi connectivity index (χ4n) is 2.24. The monoisotopic (exact) mass is 445 g/mol. The fraction of sp³-hybridized carbons (Fsp3) is 0.211. The third kappa shape index (κ3) is 4.66. The van der Waals surface area contributed by atoms with Crippen LogP contribution in [-0.2, 0) is 0 Å². The van der Waals surface area contributed by atoms with Crippen molar-refractivity contribution in [3.63, 3.8) is 0 Å². The first kappa shape index (κ1) is 17.6. The van der Waals surface area contributed by atoms with Crippen molar-refractivity contribution in [2.75, 3.05) is 10.6 Å². The van der Waals surface area contributed by atoms with Gasteiger partial charge in [0.15, 0.2) is 0 Å². The highest BCUT2D eigenvalue weighted by Gasteiger charge is 2.10. The molecule has 25 heavy (non-hydrogen) atoms. The van der Waals surface area contributed by atoms with Crippen molar-refractivity contribution in [1.29, 1.82) is 0 Å². The Hall–Kier alpha value is -2.22. The summed E-state index contributed by atoms with van der Waals surface area (Å²) in [6.45, 7) is 4.25. The lowest BCUT2D eigenvalue weighted by Gasteiger charge is -2.15. The van der Waals surface area contributed by atoms with Crippen molar-refractivity contribution in [2.24, 2.45) is 0 Å². The molecule has 0 spiro atoms. The molecular formula is C19H20IN5. The summed E-state index contributed by atoms with van der Waals surface area (Å²) in [5.74, 6) is 1.34. The van der Waals surface area contributed by atoms with Crippen LogP contribution in [0.5, 0.6) is 0 Å². The Kier molecular flexibility index (Phi) is 5.80. The van der Waals surface area contributed by atoms with Crippen LogP contribution in [0.4, 0.5) is 17.5 Å². The van der Waals surface area contributed by atoms with Crippen LogP contribution >= 0.6 is 22.6 Å². The summed E-state index contributed by atoms with van der Waals surface area (Å²) in [6.07, 6.45) is 2.77. The smallest absolute Gasteiger partial charge is 0.225 e. The standard InChI is InChI=1S/C19H20IN5/c1-3-13(2)22-19-24-17(16-10-6-7-11-21-16)12-18(25-19)23-15-9-5-4-8-14(15)20/h4-13H,3H2,1-2H3,(H2,22,23,24,25)/t13-/m0/s1. The molecule has 5 nitrogen and oxygen atoms in total. The summed E-state index contributed by atoms with van der Waals surface area (Å²) in [5.41, 5.74) is 2.63. The number of halogens is 1. The highest BCUT2D eigenvalue weighted by Crippen LogP contribution is 2.25. The highest BCUT2D eigenvalue weighted by atomic mass is 127. The predicted molar refractivity (Wildman–Crippen MR) is 111 cm³/mol. The molecule has 2 heterocycles. The summed E-state index contributed by atoms with van der Waals surface area (Å²) in [7, 11) is 0. The molecule has 1 aromatic carbocycles. The number of rotatable bonds is 6. The van der Waals surface area contributed by atoms with Gasteiger partial charge in [0, 0.05) is 21.9 Å². The Morgan fingerprint density at radius 2 is 1.84 bits per heavy atom. The van der Waals surface area contributed by atoms with Crippen LogP contribution in [-0.4, -0.2) is 21.0 Å². The van der Waals surface area contributed by atoms with Crippen molar-refractivity contribution < 1.29 is 0 Å². The topological polar surface area (TPSA) is 62.7 Å². The van der Waals surface area contributed by atoms with Crippen LogP contribution in [0.3, 0.4) is 0 Å². The normalized spacial score (nSPS) is 11.8. The molecule has 0 saturated heterocycles. The van der Waals surface area contributed by atoms with Crippen molar-refractivity contribution in [3.05, 3.63) is 58.3 Å². The molecule has 0 aliphatic rings. The number of para-hydroxylation sites is 1. The molecule has 2 aromatic heterocycles. The molecule has 0 unspecified atom stereocenters. The van der Waals surface area contributed by atoms with E-state index in [0.29, 0.717) is 12.0 Å². The summed E-state index contributed by atoms with van der Waals surface area (Å²) in [4.78, 5) is 13.7. The third-order valence-electron chi connectivity index (χ3n) is 3.78. The highest BCUT2D eigenvalue weighted by molar-refractivity contribution is 14.1. The van der Waals surface area contributed by atoms with Gasteiger partial charge in [0.05, 0.1) is 17.1 Å². The van der Waals surface area contributed by atoms with Gasteiger partial charge in [-0.1, -0.05) is 25.1 Å². The van der Waals surface area contributed by atoms with Crippen LogP contribution in [0, 0.1) is 3.57 Å². The van der Waals surface area contributed by atoms with Gasteiger partial charge in [-0.25, -0.2) is 4.98 Å². The zero-order chi connectivity index (χ0) is 17.6. The Labute approximate surface area is 161 Å². The minimum atomic E-state index is 0.295. The largest absolute Gasteiger partial charge is 0.352 e. The van der Waals surface area contributed by atoms with Crippen LogP contribution < -0.4 is 10.6 Å². The van der Waals surface area contributed by atoms with Gasteiger partial charge >= 0.3 is 0 Å². The maximum absolute atomic E-state index is 4.63. The van der Waals surface area contributed by atoms with E-state index in [1.807, 2.05) is 42.5 Å². The van der Waals surface area contributed by atoms with Gasteiger partial charge in [0.2, 0.25) is 5.95 Å². The molecule has 3 rings (SSSR count). The number of hydrogen-bond donors (Lipinski definition) is 2. The van der Waals surface area contributed by atoms with E-state index in [0.717, 1.165) is 32.9 Å². The van der Waals surface area contributed by atoms with E-state index in [4.69, 9.17) is 0 Å². The quantitative estimate of drug-likeness (QED) is 0.518. The maximum Gasteiger partial charge on any atom is 0.225 e. The number of benzene rings is 1. The van der Waals surface area contributed by atoms with Crippen LogP contribution in [0.25, 0.3) is 11.4 Å². The average molecular weight is 445 g/mol. The molecule has 128 valence electrons. The predicted octanol–water partition coefficient (Wildman–Crippen LogP) is 5.10. The molecule has 0 fully saturated rings. The molecule has 0 radical (unpaired) electrons. The van der Waals surface area contributed by atoms with Crippen molar-refractivity contribution in [2.45, 2.75) is 26.3 Å². The molecule has 6 heteroatoms. The second-order valence-electron chi connectivity index (χ2n) is 5.74. The van der Waals surface area contributed by atoms with Crippen molar-refractivity contribution in [1.82, 2.24) is 15.0 Å². The first-order chi connectivity index (χ1) is 12.2. The summed E-state index contributed by atoms with van der Waals surface area (Å²) >= 11 is 2.31. The Morgan fingerprint density at radius 3 is 2.56 bits per heavy atom. The van der Waals surface area contributed by atoms with Crippen LogP contribution in [0.2, 0.25) is 0 Å². The van der Waals surface area contributed by atoms with Gasteiger partial charge in [-0.2, -0.15) is 4.98 Å². The minimum Gasteiger partial charge on any atom is -0.352 e. The molecule has 0 amide bonds. The Morgan fingerprint density at radius 1 is 1.04 bits per heavy atom. The van der Waals surface area contributed by atoms with Gasteiger partial charge in [-0.3, -0.25) is 4.98 Å². The number of nitrogens with one attached hydrogen (secondary N) is 2. The van der Waals surface area contributed by atoms with Gasteiger partial charge in [-0.15, -0.1) is 0 Å². The maximum atomic E-state index is 4.63. The summed E-state index contributed by atoms with van der Waals surface area (Å²) in [6, 6.07) is 16.1. The molecular weight excluding hydrogens is 425 g/mol. The molecule has 0 bridgehead atoms. The lowest BCUT2D eigenvalue weighted by Crippen LogP contribution is -2.16. The van der Waals surface area contributed by atoms with Gasteiger partial charge < -0.3 is 10.6 Å². The zero-order valence-electron chi connectivity index (χ0n) is 14.2. The van der Waals surface area contributed by atoms with E-state index in [1.165, 1.54) is 0 Å². The second kappa shape index (κ2) is 8.24. The molecule has 3 aromatic rings. The van der Waals surface area contributed by atoms with Crippen LogP contribution in [0.15, 0.2) is 54.7 Å². The third-order valence-corrected chi connectivity index (χ3v) is 4.72. The number of aromatic nitrogens is 3. The Bertz CT molecular complexity index is 838. The average Bonchev–Trinajstić information content (AvgIpc) is 2.64. The van der Waals surface area contributed by atoms with Gasteiger partial charge in [0.25, 0.3) is 0 Å². The van der Waals surface area contributed by atoms with Crippen molar-refractivity contribution >= 4 is 40.0 Å². The first-order valence-electron chi connectivity index (χ1n) is 8.24. The van der Waals surface area contributed by atoms with E-state index in [-0.39, 0.29) is 0 Å². The molecule has 1 atom stereocenters. The van der Waals surface area contributed by atoms with Crippen LogP contribution in [0.1, 0.15) is 20.3 Å². The lowest BCUT2D eigenvalue weighted by molar-refractivity contribution is 0.753. The van der Waals surface area contributed by atoms with E-state index in [2.05, 4.69) is 68.1 Å². The van der Waals surface area contributed by atoms with Gasteiger partial charge in [0.1, 0.15) is 5.82 Å². The van der Waals surface area contributed by atoms with E-state index in [1.54, 1.807) is 6.20 Å². The molecule has 0 aliphatic carbocycles. The fourth-order valence-corrected chi connectivity index (χ4v) is 2.77. The molecule has 0 aliphatic heterocycles. The second-order valence-corrected chi connectivity index (χ2v) is 6.90. The first-order valence-corrected chi connectivity index (χ1v) is 9.32. The number of pyridine rings is 1. The van der Waals surface area contributed by atoms with Gasteiger partial charge in [-0.05, 0) is 60.2 Å².